The summed E-state index contributed by atoms with van der Waals surface area (Å²) in [4.78, 5) is 24.3. The molecular weight excluding hydrogens is 281 g/mol. The Hall–Kier alpha value is -1.82. The lowest BCUT2D eigenvalue weighted by Crippen LogP contribution is -2.34. The summed E-state index contributed by atoms with van der Waals surface area (Å²) in [6, 6.07) is 0. The Labute approximate surface area is 133 Å². The van der Waals surface area contributed by atoms with Crippen molar-refractivity contribution in [3.63, 3.8) is 0 Å². The van der Waals surface area contributed by atoms with Crippen LogP contribution in [0.2, 0.25) is 6.82 Å². The minimum atomic E-state index is -0.385. The second-order valence-electron chi connectivity index (χ2n) is 4.93. The van der Waals surface area contributed by atoms with Gasteiger partial charge in [0.2, 0.25) is 0 Å². The number of carbonyl (C=O) groups is 2. The third-order valence-corrected chi connectivity index (χ3v) is 2.65. The van der Waals surface area contributed by atoms with Crippen LogP contribution in [-0.2, 0) is 19.0 Å². The number of methoxy groups -OCH3 is 1. The van der Waals surface area contributed by atoms with Crippen molar-refractivity contribution in [2.75, 3.05) is 27.2 Å². The first-order valence-electron chi connectivity index (χ1n) is 7.44. The monoisotopic (exact) mass is 307 g/mol. The number of ether oxygens (including phenoxy) is 1. The highest BCUT2D eigenvalue weighted by Crippen LogP contribution is 1.94. The maximum Gasteiger partial charge on any atom is 0.384 e. The third-order valence-electron chi connectivity index (χ3n) is 2.65. The lowest BCUT2D eigenvalue weighted by Gasteiger charge is -2.15. The second kappa shape index (κ2) is 12.9. The van der Waals surface area contributed by atoms with Gasteiger partial charge in [0.05, 0.1) is 20.2 Å². The fourth-order valence-corrected chi connectivity index (χ4v) is 1.54. The first-order valence-corrected chi connectivity index (χ1v) is 7.44. The van der Waals surface area contributed by atoms with Crippen molar-refractivity contribution in [1.82, 2.24) is 4.90 Å². The van der Waals surface area contributed by atoms with E-state index in [1.165, 1.54) is 7.11 Å². The third kappa shape index (κ3) is 12.0. The Morgan fingerprint density at radius 2 is 1.73 bits per heavy atom. The molecule has 0 aliphatic heterocycles. The maximum atomic E-state index is 11.7. The van der Waals surface area contributed by atoms with Gasteiger partial charge < -0.3 is 9.39 Å². The minimum Gasteiger partial charge on any atom is -0.531 e. The molecule has 0 aromatic carbocycles. The molecule has 0 aliphatic rings. The predicted molar refractivity (Wildman–Crippen MR) is 89.6 cm³/mol. The van der Waals surface area contributed by atoms with Crippen LogP contribution in [0, 0.1) is 0 Å². The molecule has 0 radical (unpaired) electrons. The van der Waals surface area contributed by atoms with Crippen LogP contribution in [-0.4, -0.2) is 51.0 Å². The molecule has 0 heterocycles. The summed E-state index contributed by atoms with van der Waals surface area (Å²) >= 11 is 0. The predicted octanol–water partition coefficient (Wildman–Crippen LogP) is 2.26. The summed E-state index contributed by atoms with van der Waals surface area (Å²) in [6.45, 7) is 3.71. The number of unbranched alkanes of at least 4 members (excludes halogenated alkanes) is 1. The zero-order chi connectivity index (χ0) is 16.8. The van der Waals surface area contributed by atoms with Crippen LogP contribution in [0.3, 0.4) is 0 Å². The van der Waals surface area contributed by atoms with Gasteiger partial charge in [-0.15, -0.1) is 0 Å². The molecule has 0 fully saturated rings. The highest BCUT2D eigenvalue weighted by Gasteiger charge is 2.14. The van der Waals surface area contributed by atoms with Crippen molar-refractivity contribution in [3.8, 4) is 0 Å². The summed E-state index contributed by atoms with van der Waals surface area (Å²) in [5, 5.41) is 0. The van der Waals surface area contributed by atoms with Crippen molar-refractivity contribution < 1.29 is 19.0 Å². The Kier molecular flexibility index (Phi) is 11.8. The van der Waals surface area contributed by atoms with E-state index in [-0.39, 0.29) is 31.9 Å². The molecule has 0 saturated carbocycles. The molecular formula is C16H26BNO4. The molecule has 0 spiro atoms. The first kappa shape index (κ1) is 20.2. The number of hydrogen-bond donors (Lipinski definition) is 0. The molecule has 0 aromatic heterocycles. The van der Waals surface area contributed by atoms with E-state index in [9.17, 15) is 9.59 Å². The van der Waals surface area contributed by atoms with Gasteiger partial charge in [-0.2, -0.15) is 0 Å². The van der Waals surface area contributed by atoms with E-state index in [4.69, 9.17) is 4.65 Å². The molecule has 0 unspecified atom stereocenters. The Balaban J connectivity index is 4.01. The first-order chi connectivity index (χ1) is 10.5. The van der Waals surface area contributed by atoms with Crippen molar-refractivity contribution in [2.45, 2.75) is 26.6 Å². The standard InChI is InChI=1S/C16H26BNO4/c1-5-6-7-8-9-10-11-12-17(2)22-16(20)14-18(3)13-15(19)21-4/h7-12H,5-6,13-14H2,1-4H3/b8-7-,10-9-,12-11-. The molecule has 0 atom stereocenters. The maximum absolute atomic E-state index is 11.7. The Morgan fingerprint density at radius 1 is 1.09 bits per heavy atom. The smallest absolute Gasteiger partial charge is 0.384 e. The number of nitrogens with zero attached hydrogens (tertiary/aromatic N) is 1. The molecule has 0 aromatic rings. The van der Waals surface area contributed by atoms with Crippen LogP contribution in [0.25, 0.3) is 0 Å². The average molecular weight is 307 g/mol. The number of carbonyl (C=O) groups excluding carboxylic acids is 2. The molecule has 22 heavy (non-hydrogen) atoms. The average Bonchev–Trinajstić information content (AvgIpc) is 2.45. The van der Waals surface area contributed by atoms with Gasteiger partial charge in [-0.05, 0) is 20.3 Å². The van der Waals surface area contributed by atoms with Crippen molar-refractivity contribution >= 4 is 18.9 Å². The van der Waals surface area contributed by atoms with E-state index < -0.39 is 0 Å². The van der Waals surface area contributed by atoms with Gasteiger partial charge in [0.1, 0.15) is 0 Å². The summed E-state index contributed by atoms with van der Waals surface area (Å²) < 4.78 is 9.74. The molecule has 5 nitrogen and oxygen atoms in total. The summed E-state index contributed by atoms with van der Waals surface area (Å²) in [7, 11) is 2.97. The van der Waals surface area contributed by atoms with E-state index in [1.54, 1.807) is 24.7 Å². The van der Waals surface area contributed by atoms with Crippen molar-refractivity contribution in [2.24, 2.45) is 0 Å². The quantitative estimate of drug-likeness (QED) is 0.352. The van der Waals surface area contributed by atoms with Crippen LogP contribution in [0.1, 0.15) is 19.8 Å². The van der Waals surface area contributed by atoms with E-state index in [2.05, 4.69) is 17.7 Å². The Morgan fingerprint density at radius 3 is 2.36 bits per heavy atom. The summed E-state index contributed by atoms with van der Waals surface area (Å²) in [5.41, 5.74) is 0. The lowest BCUT2D eigenvalue weighted by atomic mass is 9.71. The molecule has 0 N–H and O–H groups in total. The number of esters is 1. The summed E-state index contributed by atoms with van der Waals surface area (Å²) in [5.74, 6) is 1.03. The van der Waals surface area contributed by atoms with Gasteiger partial charge in [0.15, 0.2) is 0 Å². The SMILES string of the molecule is CCC\C=C/C=C\C=C/B(C)OC(=O)CN(C)CC(=O)OC. The van der Waals surface area contributed by atoms with Gasteiger partial charge in [-0.3, -0.25) is 14.5 Å². The van der Waals surface area contributed by atoms with Crippen LogP contribution in [0.5, 0.6) is 0 Å². The molecule has 122 valence electrons. The van der Waals surface area contributed by atoms with Crippen LogP contribution < -0.4 is 0 Å². The summed E-state index contributed by atoms with van der Waals surface area (Å²) in [6.07, 6.45) is 12.0. The number of rotatable bonds is 10. The zero-order valence-electron chi connectivity index (χ0n) is 14.0. The van der Waals surface area contributed by atoms with Gasteiger partial charge in [0, 0.05) is 0 Å². The normalized spacial score (nSPS) is 11.7. The van der Waals surface area contributed by atoms with Crippen LogP contribution in [0.4, 0.5) is 0 Å². The van der Waals surface area contributed by atoms with Crippen molar-refractivity contribution in [3.05, 3.63) is 36.4 Å². The number of hydrogen-bond acceptors (Lipinski definition) is 5. The molecule has 0 aliphatic carbocycles. The second-order valence-corrected chi connectivity index (χ2v) is 4.93. The molecule has 0 bridgehead atoms. The molecule has 0 saturated heterocycles. The molecule has 0 rings (SSSR count). The van der Waals surface area contributed by atoms with Crippen LogP contribution in [0.15, 0.2) is 36.4 Å². The van der Waals surface area contributed by atoms with Gasteiger partial charge in [0.25, 0.3) is 0 Å². The number of allylic oxidation sites excluding steroid dienone is 5. The minimum absolute atomic E-state index is 0.0445. The molecule has 0 amide bonds. The molecule has 6 heteroatoms. The van der Waals surface area contributed by atoms with Crippen molar-refractivity contribution in [1.29, 1.82) is 0 Å². The van der Waals surface area contributed by atoms with E-state index in [0.717, 1.165) is 12.8 Å². The fourth-order valence-electron chi connectivity index (χ4n) is 1.54. The van der Waals surface area contributed by atoms with Crippen LogP contribution >= 0.6 is 0 Å². The Bertz CT molecular complexity index is 418. The fraction of sp³-hybridized carbons (Fsp3) is 0.500. The number of likely N-dealkylation sites (N-methyl/N-ethyl adjacent to an activating group) is 1. The lowest BCUT2D eigenvalue weighted by molar-refractivity contribution is -0.142. The zero-order valence-corrected chi connectivity index (χ0v) is 14.0. The van der Waals surface area contributed by atoms with E-state index >= 15 is 0 Å². The largest absolute Gasteiger partial charge is 0.531 e. The topological polar surface area (TPSA) is 55.8 Å². The van der Waals surface area contributed by atoms with Gasteiger partial charge >= 0.3 is 18.9 Å². The van der Waals surface area contributed by atoms with E-state index in [1.807, 2.05) is 24.3 Å². The van der Waals surface area contributed by atoms with E-state index in [0.29, 0.717) is 0 Å². The van der Waals surface area contributed by atoms with Gasteiger partial charge in [-0.1, -0.05) is 49.7 Å². The highest BCUT2D eigenvalue weighted by molar-refractivity contribution is 6.58. The van der Waals surface area contributed by atoms with Gasteiger partial charge in [-0.25, -0.2) is 0 Å². The highest BCUT2D eigenvalue weighted by atomic mass is 16.5.